The van der Waals surface area contributed by atoms with Gasteiger partial charge in [0.2, 0.25) is 5.95 Å². The number of rotatable bonds is 5. The predicted octanol–water partition coefficient (Wildman–Crippen LogP) is -1.18. The van der Waals surface area contributed by atoms with Crippen LogP contribution < -0.4 is 10.9 Å². The van der Waals surface area contributed by atoms with Gasteiger partial charge in [-0.1, -0.05) is 0 Å². The number of aromatic amines is 1. The standard InChI is InChI=1S/C13H17FN6O4/c1-15-3-13(4-21)8(22)6(14)11(24-13)20-5-17-7-9(20)18-12(16-2)19-10(7)23/h5-6,8,11,21-22H,1,3-4H2,2H3,(H2,16,18,19,23)/t6-,8+,11-,13-/m1/s1. The molecule has 0 bridgehead atoms. The van der Waals surface area contributed by atoms with Crippen molar-refractivity contribution in [3.05, 3.63) is 16.7 Å². The predicted molar refractivity (Wildman–Crippen MR) is 83.0 cm³/mol. The summed E-state index contributed by atoms with van der Waals surface area (Å²) in [5.74, 6) is 0.171. The Morgan fingerprint density at radius 2 is 2.42 bits per heavy atom. The number of hydrogen-bond donors (Lipinski definition) is 4. The number of nitrogens with one attached hydrogen (secondary N) is 2. The average molecular weight is 340 g/mol. The number of imidazole rings is 1. The van der Waals surface area contributed by atoms with Crippen molar-refractivity contribution in [1.29, 1.82) is 0 Å². The van der Waals surface area contributed by atoms with E-state index in [1.165, 1.54) is 10.9 Å². The normalized spacial score (nSPS) is 29.9. The second-order valence-electron chi connectivity index (χ2n) is 5.49. The van der Waals surface area contributed by atoms with Crippen molar-refractivity contribution < 1.29 is 19.3 Å². The molecule has 130 valence electrons. The van der Waals surface area contributed by atoms with Crippen molar-refractivity contribution in [2.24, 2.45) is 4.99 Å². The lowest BCUT2D eigenvalue weighted by molar-refractivity contribution is -0.120. The van der Waals surface area contributed by atoms with Crippen LogP contribution in [0.3, 0.4) is 0 Å². The fourth-order valence-corrected chi connectivity index (χ4v) is 2.76. The highest BCUT2D eigenvalue weighted by Crippen LogP contribution is 2.40. The first-order valence-electron chi connectivity index (χ1n) is 7.15. The molecule has 0 aliphatic carbocycles. The van der Waals surface area contributed by atoms with E-state index in [2.05, 4.69) is 32.0 Å². The van der Waals surface area contributed by atoms with E-state index < -0.39 is 36.3 Å². The fourth-order valence-electron chi connectivity index (χ4n) is 2.76. The van der Waals surface area contributed by atoms with Gasteiger partial charge in [0.25, 0.3) is 5.56 Å². The van der Waals surface area contributed by atoms with Gasteiger partial charge in [-0.15, -0.1) is 0 Å². The minimum absolute atomic E-state index is 0.00244. The number of aromatic nitrogens is 4. The van der Waals surface area contributed by atoms with Crippen LogP contribution in [0.1, 0.15) is 6.23 Å². The summed E-state index contributed by atoms with van der Waals surface area (Å²) in [6, 6.07) is 0. The zero-order valence-corrected chi connectivity index (χ0v) is 12.8. The SMILES string of the molecule is C=NC[C@]1(CO)O[C@@H](n2cnc3c(=O)[nH]c(NC)nc32)[C@H](F)[C@@H]1O. The molecule has 11 heteroatoms. The second kappa shape index (κ2) is 5.92. The first kappa shape index (κ1) is 16.5. The number of fused-ring (bicyclic) bond motifs is 1. The molecule has 1 aliphatic rings. The van der Waals surface area contributed by atoms with E-state index in [1.54, 1.807) is 7.05 Å². The third-order valence-electron chi connectivity index (χ3n) is 4.06. The molecule has 2 aromatic rings. The van der Waals surface area contributed by atoms with Crippen LogP contribution in [-0.2, 0) is 4.74 Å². The van der Waals surface area contributed by atoms with Gasteiger partial charge in [0, 0.05) is 7.05 Å². The van der Waals surface area contributed by atoms with E-state index in [4.69, 9.17) is 4.74 Å². The Hall–Kier alpha value is -2.37. The maximum Gasteiger partial charge on any atom is 0.280 e. The third kappa shape index (κ3) is 2.28. The molecular weight excluding hydrogens is 323 g/mol. The number of hydrogen-bond acceptors (Lipinski definition) is 8. The quantitative estimate of drug-likeness (QED) is 0.503. The van der Waals surface area contributed by atoms with Crippen LogP contribution in [0, 0.1) is 0 Å². The van der Waals surface area contributed by atoms with E-state index in [0.29, 0.717) is 0 Å². The maximum absolute atomic E-state index is 14.6. The van der Waals surface area contributed by atoms with Gasteiger partial charge in [-0.2, -0.15) is 4.98 Å². The number of aliphatic hydroxyl groups is 2. The largest absolute Gasteiger partial charge is 0.393 e. The number of H-pyrrole nitrogens is 1. The zero-order chi connectivity index (χ0) is 17.5. The summed E-state index contributed by atoms with van der Waals surface area (Å²) >= 11 is 0. The Morgan fingerprint density at radius 1 is 1.67 bits per heavy atom. The first-order chi connectivity index (χ1) is 11.5. The van der Waals surface area contributed by atoms with Crippen LogP contribution in [0.15, 0.2) is 16.1 Å². The van der Waals surface area contributed by atoms with Crippen LogP contribution in [0.4, 0.5) is 10.3 Å². The highest BCUT2D eigenvalue weighted by molar-refractivity contribution is 5.70. The minimum Gasteiger partial charge on any atom is -0.393 e. The minimum atomic E-state index is -1.88. The van der Waals surface area contributed by atoms with Gasteiger partial charge in [-0.3, -0.25) is 19.3 Å². The molecule has 4 atom stereocenters. The summed E-state index contributed by atoms with van der Waals surface area (Å²) in [5.41, 5.74) is -2.03. The Morgan fingerprint density at radius 3 is 3.04 bits per heavy atom. The molecule has 2 aromatic heterocycles. The van der Waals surface area contributed by atoms with Gasteiger partial charge in [0.1, 0.15) is 11.7 Å². The highest BCUT2D eigenvalue weighted by atomic mass is 19.1. The van der Waals surface area contributed by atoms with Gasteiger partial charge in [0.15, 0.2) is 23.6 Å². The molecule has 0 spiro atoms. The molecule has 0 unspecified atom stereocenters. The van der Waals surface area contributed by atoms with E-state index in [1.807, 2.05) is 0 Å². The molecule has 3 heterocycles. The molecule has 3 rings (SSSR count). The average Bonchev–Trinajstić information content (AvgIpc) is 3.10. The topological polar surface area (TPSA) is 138 Å². The molecular formula is C13H17FN6O4. The van der Waals surface area contributed by atoms with Crippen LogP contribution in [0.25, 0.3) is 11.2 Å². The monoisotopic (exact) mass is 340 g/mol. The lowest BCUT2D eigenvalue weighted by Crippen LogP contribution is -2.48. The Bertz CT molecular complexity index is 822. The number of anilines is 1. The Labute approximate surface area is 135 Å². The van der Waals surface area contributed by atoms with E-state index in [0.717, 1.165) is 0 Å². The van der Waals surface area contributed by atoms with Crippen LogP contribution in [0.5, 0.6) is 0 Å². The number of aliphatic imine (C=N–C) groups is 1. The summed E-state index contributed by atoms with van der Waals surface area (Å²) in [5, 5.41) is 22.4. The van der Waals surface area contributed by atoms with E-state index in [9.17, 15) is 19.4 Å². The summed E-state index contributed by atoms with van der Waals surface area (Å²) in [7, 11) is 1.56. The van der Waals surface area contributed by atoms with Gasteiger partial charge >= 0.3 is 0 Å². The van der Waals surface area contributed by atoms with E-state index >= 15 is 0 Å². The van der Waals surface area contributed by atoms with Crippen LogP contribution in [-0.4, -0.2) is 74.5 Å². The van der Waals surface area contributed by atoms with Crippen molar-refractivity contribution >= 4 is 23.8 Å². The molecule has 24 heavy (non-hydrogen) atoms. The van der Waals surface area contributed by atoms with Crippen molar-refractivity contribution in [3.8, 4) is 0 Å². The number of alkyl halides is 1. The van der Waals surface area contributed by atoms with Crippen molar-refractivity contribution in [2.75, 3.05) is 25.5 Å². The molecule has 0 radical (unpaired) electrons. The van der Waals surface area contributed by atoms with Crippen molar-refractivity contribution in [1.82, 2.24) is 19.5 Å². The molecule has 0 amide bonds. The Balaban J connectivity index is 2.09. The number of ether oxygens (including phenoxy) is 1. The second-order valence-corrected chi connectivity index (χ2v) is 5.49. The number of nitrogens with zero attached hydrogens (tertiary/aromatic N) is 4. The van der Waals surface area contributed by atoms with Crippen molar-refractivity contribution in [3.63, 3.8) is 0 Å². The van der Waals surface area contributed by atoms with Gasteiger partial charge in [0.05, 0.1) is 19.5 Å². The summed E-state index contributed by atoms with van der Waals surface area (Å²) < 4.78 is 21.4. The summed E-state index contributed by atoms with van der Waals surface area (Å²) in [6.45, 7) is 2.45. The number of aliphatic hydroxyl groups excluding tert-OH is 2. The molecule has 1 aliphatic heterocycles. The van der Waals surface area contributed by atoms with Gasteiger partial charge in [-0.25, -0.2) is 9.37 Å². The molecule has 4 N–H and O–H groups in total. The molecule has 1 saturated heterocycles. The summed E-state index contributed by atoms with van der Waals surface area (Å²) in [6.07, 6.45) is -3.62. The zero-order valence-electron chi connectivity index (χ0n) is 12.8. The lowest BCUT2D eigenvalue weighted by Gasteiger charge is -2.27. The molecule has 10 nitrogen and oxygen atoms in total. The highest BCUT2D eigenvalue weighted by Gasteiger charge is 2.56. The fraction of sp³-hybridized carbons (Fsp3) is 0.538. The van der Waals surface area contributed by atoms with Gasteiger partial charge < -0.3 is 20.3 Å². The third-order valence-corrected chi connectivity index (χ3v) is 4.06. The van der Waals surface area contributed by atoms with Crippen LogP contribution in [0.2, 0.25) is 0 Å². The van der Waals surface area contributed by atoms with Crippen molar-refractivity contribution in [2.45, 2.75) is 24.1 Å². The Kier molecular flexibility index (Phi) is 4.07. The van der Waals surface area contributed by atoms with Crippen LogP contribution >= 0.6 is 0 Å². The molecule has 0 saturated carbocycles. The lowest BCUT2D eigenvalue weighted by atomic mass is 9.97. The smallest absolute Gasteiger partial charge is 0.280 e. The first-order valence-corrected chi connectivity index (χ1v) is 7.15. The van der Waals surface area contributed by atoms with E-state index in [-0.39, 0.29) is 23.7 Å². The number of halogens is 1. The van der Waals surface area contributed by atoms with Gasteiger partial charge in [-0.05, 0) is 6.72 Å². The molecule has 1 fully saturated rings. The summed E-state index contributed by atoms with van der Waals surface area (Å²) in [4.78, 5) is 26.1. The molecule has 0 aromatic carbocycles. The maximum atomic E-state index is 14.6.